The number of pyridine rings is 1. The zero-order valence-electron chi connectivity index (χ0n) is 14.4. The van der Waals surface area contributed by atoms with Gasteiger partial charge < -0.3 is 9.80 Å². The number of carbonyl (C=O) groups is 2. The molecule has 0 bridgehead atoms. The Bertz CT molecular complexity index is 590. The summed E-state index contributed by atoms with van der Waals surface area (Å²) in [5, 5.41) is 0. The van der Waals surface area contributed by atoms with Crippen LogP contribution < -0.4 is 0 Å². The average molecular weight is 330 g/mol. The fourth-order valence-electron chi connectivity index (χ4n) is 3.37. The Hall–Kier alpha value is -1.95. The van der Waals surface area contributed by atoms with Crippen molar-refractivity contribution in [2.75, 3.05) is 45.8 Å². The lowest BCUT2D eigenvalue weighted by atomic mass is 10.1. The van der Waals surface area contributed by atoms with Crippen molar-refractivity contribution in [3.05, 3.63) is 29.6 Å². The van der Waals surface area contributed by atoms with Gasteiger partial charge in [0.05, 0.1) is 6.54 Å². The first kappa shape index (κ1) is 16.9. The minimum Gasteiger partial charge on any atom is -0.342 e. The van der Waals surface area contributed by atoms with E-state index in [1.54, 1.807) is 6.07 Å². The molecule has 0 atom stereocenters. The van der Waals surface area contributed by atoms with Crippen molar-refractivity contribution < 1.29 is 9.59 Å². The lowest BCUT2D eigenvalue weighted by Crippen LogP contribution is -2.52. The largest absolute Gasteiger partial charge is 0.342 e. The number of aryl methyl sites for hydroxylation is 1. The van der Waals surface area contributed by atoms with Gasteiger partial charge in [-0.05, 0) is 38.3 Å². The first-order chi connectivity index (χ1) is 11.6. The van der Waals surface area contributed by atoms with Gasteiger partial charge in [0.25, 0.3) is 5.91 Å². The minimum absolute atomic E-state index is 0.0132. The topological polar surface area (TPSA) is 56.8 Å². The van der Waals surface area contributed by atoms with E-state index in [1.807, 2.05) is 28.9 Å². The van der Waals surface area contributed by atoms with Crippen molar-refractivity contribution in [3.63, 3.8) is 0 Å². The Labute approximate surface area is 143 Å². The van der Waals surface area contributed by atoms with Gasteiger partial charge in [0.2, 0.25) is 5.91 Å². The van der Waals surface area contributed by atoms with Crippen molar-refractivity contribution >= 4 is 11.8 Å². The molecule has 0 spiro atoms. The number of amides is 2. The molecule has 0 radical (unpaired) electrons. The lowest BCUT2D eigenvalue weighted by molar-refractivity contribution is -0.133. The molecule has 0 aromatic carbocycles. The maximum Gasteiger partial charge on any atom is 0.272 e. The smallest absolute Gasteiger partial charge is 0.272 e. The van der Waals surface area contributed by atoms with Gasteiger partial charge >= 0.3 is 0 Å². The molecule has 6 heteroatoms. The molecule has 6 nitrogen and oxygen atoms in total. The van der Waals surface area contributed by atoms with Gasteiger partial charge in [-0.1, -0.05) is 6.07 Å². The number of piperazine rings is 1. The summed E-state index contributed by atoms with van der Waals surface area (Å²) in [6.45, 7) is 6.97. The quantitative estimate of drug-likeness (QED) is 0.834. The zero-order valence-corrected chi connectivity index (χ0v) is 14.4. The lowest BCUT2D eigenvalue weighted by Gasteiger charge is -2.36. The number of hydrogen-bond donors (Lipinski definition) is 0. The summed E-state index contributed by atoms with van der Waals surface area (Å²) in [7, 11) is 0. The van der Waals surface area contributed by atoms with Gasteiger partial charge in [-0.15, -0.1) is 0 Å². The highest BCUT2D eigenvalue weighted by atomic mass is 16.2. The van der Waals surface area contributed by atoms with E-state index in [9.17, 15) is 9.59 Å². The Morgan fingerprint density at radius 3 is 2.33 bits per heavy atom. The molecule has 0 unspecified atom stereocenters. The third-order valence-corrected chi connectivity index (χ3v) is 4.83. The Morgan fingerprint density at radius 2 is 1.67 bits per heavy atom. The number of nitrogens with zero attached hydrogens (tertiary/aromatic N) is 4. The molecule has 1 aromatic heterocycles. The van der Waals surface area contributed by atoms with Crippen LogP contribution in [-0.2, 0) is 4.79 Å². The molecule has 2 aliphatic heterocycles. The number of likely N-dealkylation sites (tertiary alicyclic amines) is 1. The molecule has 2 aliphatic rings. The van der Waals surface area contributed by atoms with Crippen LogP contribution in [0.3, 0.4) is 0 Å². The summed E-state index contributed by atoms with van der Waals surface area (Å²) in [6, 6.07) is 5.52. The fourth-order valence-corrected chi connectivity index (χ4v) is 3.37. The summed E-state index contributed by atoms with van der Waals surface area (Å²) < 4.78 is 0. The number of piperidine rings is 1. The maximum atomic E-state index is 12.5. The van der Waals surface area contributed by atoms with Crippen LogP contribution >= 0.6 is 0 Å². The van der Waals surface area contributed by atoms with Crippen LogP contribution in [-0.4, -0.2) is 77.3 Å². The molecule has 0 aliphatic carbocycles. The molecule has 0 saturated carbocycles. The van der Waals surface area contributed by atoms with Crippen molar-refractivity contribution in [3.8, 4) is 0 Å². The van der Waals surface area contributed by atoms with E-state index >= 15 is 0 Å². The molecule has 24 heavy (non-hydrogen) atoms. The van der Waals surface area contributed by atoms with Gasteiger partial charge in [0, 0.05) is 45.0 Å². The summed E-state index contributed by atoms with van der Waals surface area (Å²) in [4.78, 5) is 35.1. The van der Waals surface area contributed by atoms with Gasteiger partial charge in [-0.25, -0.2) is 4.98 Å². The van der Waals surface area contributed by atoms with Crippen molar-refractivity contribution in [2.45, 2.75) is 26.2 Å². The van der Waals surface area contributed by atoms with Crippen LogP contribution in [0, 0.1) is 6.92 Å². The monoisotopic (exact) mass is 330 g/mol. The number of hydrogen-bond acceptors (Lipinski definition) is 4. The fraction of sp³-hybridized carbons (Fsp3) is 0.611. The number of rotatable bonds is 3. The van der Waals surface area contributed by atoms with Gasteiger partial charge in [0.1, 0.15) is 5.69 Å². The predicted octanol–water partition coefficient (Wildman–Crippen LogP) is 1.16. The van der Waals surface area contributed by atoms with E-state index in [0.29, 0.717) is 25.3 Å². The summed E-state index contributed by atoms with van der Waals surface area (Å²) in [5.74, 6) is 0.218. The average Bonchev–Trinajstić information content (AvgIpc) is 2.62. The third kappa shape index (κ3) is 4.12. The normalized spacial score (nSPS) is 19.4. The zero-order chi connectivity index (χ0) is 16.9. The standard InChI is InChI=1S/C18H26N4O2/c1-15-6-5-7-16(19-15)18(24)22-12-10-20(11-13-22)14-17(23)21-8-3-2-4-9-21/h5-7H,2-4,8-14H2,1H3. The number of aromatic nitrogens is 1. The van der Waals surface area contributed by atoms with Crippen LogP contribution in [0.25, 0.3) is 0 Å². The second-order valence-electron chi connectivity index (χ2n) is 6.67. The van der Waals surface area contributed by atoms with Gasteiger partial charge in [-0.2, -0.15) is 0 Å². The minimum atomic E-state index is -0.0132. The first-order valence-electron chi connectivity index (χ1n) is 8.86. The van der Waals surface area contributed by atoms with Crippen molar-refractivity contribution in [1.82, 2.24) is 19.7 Å². The van der Waals surface area contributed by atoms with E-state index in [-0.39, 0.29) is 11.8 Å². The van der Waals surface area contributed by atoms with Gasteiger partial charge in [-0.3, -0.25) is 14.5 Å². The molecule has 2 saturated heterocycles. The molecule has 3 heterocycles. The molecular weight excluding hydrogens is 304 g/mol. The van der Waals surface area contributed by atoms with Gasteiger partial charge in [0.15, 0.2) is 0 Å². The van der Waals surface area contributed by atoms with Crippen molar-refractivity contribution in [2.24, 2.45) is 0 Å². The highest BCUT2D eigenvalue weighted by Gasteiger charge is 2.25. The highest BCUT2D eigenvalue weighted by Crippen LogP contribution is 2.11. The maximum absolute atomic E-state index is 12.5. The van der Waals surface area contributed by atoms with Crippen LogP contribution in [0.2, 0.25) is 0 Å². The molecule has 0 N–H and O–H groups in total. The predicted molar refractivity (Wildman–Crippen MR) is 91.7 cm³/mol. The summed E-state index contributed by atoms with van der Waals surface area (Å²) in [5.41, 5.74) is 1.36. The van der Waals surface area contributed by atoms with E-state index < -0.39 is 0 Å². The third-order valence-electron chi connectivity index (χ3n) is 4.83. The van der Waals surface area contributed by atoms with Crippen LogP contribution in [0.5, 0.6) is 0 Å². The first-order valence-corrected chi connectivity index (χ1v) is 8.86. The highest BCUT2D eigenvalue weighted by molar-refractivity contribution is 5.92. The van der Waals surface area contributed by atoms with E-state index in [4.69, 9.17) is 0 Å². The summed E-state index contributed by atoms with van der Waals surface area (Å²) in [6.07, 6.45) is 3.48. The second kappa shape index (κ2) is 7.75. The van der Waals surface area contributed by atoms with E-state index in [1.165, 1.54) is 6.42 Å². The summed E-state index contributed by atoms with van der Waals surface area (Å²) >= 11 is 0. The number of carbonyl (C=O) groups excluding carboxylic acids is 2. The Morgan fingerprint density at radius 1 is 0.958 bits per heavy atom. The SMILES string of the molecule is Cc1cccc(C(=O)N2CCN(CC(=O)N3CCCCC3)CC2)n1. The second-order valence-corrected chi connectivity index (χ2v) is 6.67. The van der Waals surface area contributed by atoms with E-state index in [2.05, 4.69) is 9.88 Å². The Kier molecular flexibility index (Phi) is 5.45. The molecule has 130 valence electrons. The van der Waals surface area contributed by atoms with Crippen molar-refractivity contribution in [1.29, 1.82) is 0 Å². The molecule has 3 rings (SSSR count). The molecule has 2 amide bonds. The molecule has 2 fully saturated rings. The van der Waals surface area contributed by atoms with Crippen LogP contribution in [0.15, 0.2) is 18.2 Å². The van der Waals surface area contributed by atoms with Crippen LogP contribution in [0.4, 0.5) is 0 Å². The Balaban J connectivity index is 1.48. The molecule has 1 aromatic rings. The van der Waals surface area contributed by atoms with E-state index in [0.717, 1.165) is 44.7 Å². The van der Waals surface area contributed by atoms with Crippen LogP contribution in [0.1, 0.15) is 35.4 Å². The molecular formula is C18H26N4O2.